The van der Waals surface area contributed by atoms with Crippen LogP contribution in [0.1, 0.15) is 26.7 Å². The molecule has 0 radical (unpaired) electrons. The van der Waals surface area contributed by atoms with Crippen molar-refractivity contribution in [2.75, 3.05) is 0 Å². The highest BCUT2D eigenvalue weighted by molar-refractivity contribution is 5.00. The van der Waals surface area contributed by atoms with Crippen LogP contribution in [0.3, 0.4) is 0 Å². The first-order chi connectivity index (χ1) is 5.04. The molecule has 0 amide bonds. The lowest BCUT2D eigenvalue weighted by Crippen LogP contribution is -2.37. The molecular formula is C8H13NO2. The molecule has 1 aliphatic rings. The molecule has 0 N–H and O–H groups in total. The van der Waals surface area contributed by atoms with E-state index in [1.54, 1.807) is 6.92 Å². The summed E-state index contributed by atoms with van der Waals surface area (Å²) in [5.74, 6) is 0.346. The molecule has 0 aromatic heterocycles. The molecule has 0 aromatic carbocycles. The minimum absolute atomic E-state index is 0.160. The highest BCUT2D eigenvalue weighted by Crippen LogP contribution is 2.29. The van der Waals surface area contributed by atoms with Crippen LogP contribution in [0.2, 0.25) is 0 Å². The molecule has 0 heterocycles. The zero-order valence-electron chi connectivity index (χ0n) is 6.91. The van der Waals surface area contributed by atoms with Crippen molar-refractivity contribution in [1.29, 1.82) is 0 Å². The Morgan fingerprint density at radius 3 is 2.73 bits per heavy atom. The van der Waals surface area contributed by atoms with Crippen LogP contribution in [0.4, 0.5) is 0 Å². The third kappa shape index (κ3) is 1.59. The van der Waals surface area contributed by atoms with E-state index in [4.69, 9.17) is 0 Å². The largest absolute Gasteiger partial charge is 0.264 e. The van der Waals surface area contributed by atoms with Crippen molar-refractivity contribution in [2.24, 2.45) is 5.92 Å². The minimum Gasteiger partial charge on any atom is -0.264 e. The molecular weight excluding hydrogens is 142 g/mol. The first kappa shape index (κ1) is 8.24. The van der Waals surface area contributed by atoms with Crippen molar-refractivity contribution in [2.45, 2.75) is 32.2 Å². The van der Waals surface area contributed by atoms with Gasteiger partial charge in [-0.1, -0.05) is 19.1 Å². The van der Waals surface area contributed by atoms with E-state index in [-0.39, 0.29) is 4.92 Å². The summed E-state index contributed by atoms with van der Waals surface area (Å²) in [6.45, 7) is 3.73. The van der Waals surface area contributed by atoms with Crippen molar-refractivity contribution in [3.63, 3.8) is 0 Å². The molecule has 0 spiro atoms. The Balaban J connectivity index is 2.75. The van der Waals surface area contributed by atoms with Crippen LogP contribution >= 0.6 is 0 Å². The van der Waals surface area contributed by atoms with Crippen LogP contribution < -0.4 is 0 Å². The van der Waals surface area contributed by atoms with E-state index in [1.807, 2.05) is 19.1 Å². The number of allylic oxidation sites excluding steroid dienone is 1. The molecule has 0 saturated carbocycles. The van der Waals surface area contributed by atoms with Gasteiger partial charge in [-0.3, -0.25) is 10.1 Å². The standard InChI is InChI=1S/C8H13NO2/c1-7-4-3-5-8(2,6-7)9(10)11/h3-4,7H,5-6H2,1-2H3. The van der Waals surface area contributed by atoms with Crippen LogP contribution in [0.15, 0.2) is 12.2 Å². The Kier molecular flexibility index (Phi) is 1.98. The fraction of sp³-hybridized carbons (Fsp3) is 0.750. The number of hydrogen-bond donors (Lipinski definition) is 0. The number of rotatable bonds is 1. The van der Waals surface area contributed by atoms with Gasteiger partial charge in [0.05, 0.1) is 0 Å². The summed E-state index contributed by atoms with van der Waals surface area (Å²) in [6.07, 6.45) is 5.20. The van der Waals surface area contributed by atoms with E-state index in [2.05, 4.69) is 0 Å². The number of hydrogen-bond acceptors (Lipinski definition) is 2. The average Bonchev–Trinajstić information content (AvgIpc) is 1.86. The molecule has 1 rings (SSSR count). The lowest BCUT2D eigenvalue weighted by atomic mass is 9.83. The van der Waals surface area contributed by atoms with Gasteiger partial charge in [0.2, 0.25) is 5.54 Å². The maximum absolute atomic E-state index is 10.6. The van der Waals surface area contributed by atoms with Crippen molar-refractivity contribution < 1.29 is 4.92 Å². The Morgan fingerprint density at radius 1 is 1.73 bits per heavy atom. The maximum Gasteiger partial charge on any atom is 0.223 e. The van der Waals surface area contributed by atoms with Gasteiger partial charge in [0.25, 0.3) is 0 Å². The Hall–Kier alpha value is -0.860. The number of nitro groups is 1. The third-order valence-corrected chi connectivity index (χ3v) is 2.22. The average molecular weight is 155 g/mol. The van der Waals surface area contributed by atoms with Gasteiger partial charge in [-0.2, -0.15) is 0 Å². The Labute approximate surface area is 66.3 Å². The smallest absolute Gasteiger partial charge is 0.223 e. The first-order valence-corrected chi connectivity index (χ1v) is 3.86. The highest BCUT2D eigenvalue weighted by atomic mass is 16.6. The molecule has 3 nitrogen and oxygen atoms in total. The van der Waals surface area contributed by atoms with Crippen LogP contribution in [0.5, 0.6) is 0 Å². The highest BCUT2D eigenvalue weighted by Gasteiger charge is 2.38. The molecule has 0 aliphatic heterocycles. The lowest BCUT2D eigenvalue weighted by Gasteiger charge is -2.25. The quantitative estimate of drug-likeness (QED) is 0.330. The van der Waals surface area contributed by atoms with Gasteiger partial charge in [0.1, 0.15) is 0 Å². The molecule has 2 unspecified atom stereocenters. The van der Waals surface area contributed by atoms with Crippen LogP contribution in [-0.2, 0) is 0 Å². The molecule has 62 valence electrons. The van der Waals surface area contributed by atoms with Gasteiger partial charge in [-0.05, 0) is 5.92 Å². The van der Waals surface area contributed by atoms with Crippen molar-refractivity contribution in [1.82, 2.24) is 0 Å². The van der Waals surface area contributed by atoms with Gasteiger partial charge in [0.15, 0.2) is 0 Å². The summed E-state index contributed by atoms with van der Waals surface area (Å²) in [4.78, 5) is 10.4. The topological polar surface area (TPSA) is 43.1 Å². The molecule has 0 bridgehead atoms. The first-order valence-electron chi connectivity index (χ1n) is 3.86. The van der Waals surface area contributed by atoms with E-state index in [9.17, 15) is 10.1 Å². The lowest BCUT2D eigenvalue weighted by molar-refractivity contribution is -0.567. The van der Waals surface area contributed by atoms with Crippen molar-refractivity contribution >= 4 is 0 Å². The fourth-order valence-corrected chi connectivity index (χ4v) is 1.55. The van der Waals surface area contributed by atoms with E-state index in [0.29, 0.717) is 18.8 Å². The summed E-state index contributed by atoms with van der Waals surface area (Å²) >= 11 is 0. The molecule has 0 aromatic rings. The Bertz CT molecular complexity index is 200. The predicted molar refractivity (Wildman–Crippen MR) is 42.9 cm³/mol. The third-order valence-electron chi connectivity index (χ3n) is 2.22. The van der Waals surface area contributed by atoms with E-state index >= 15 is 0 Å². The number of nitrogens with zero attached hydrogens (tertiary/aromatic N) is 1. The Morgan fingerprint density at radius 2 is 2.36 bits per heavy atom. The molecule has 2 atom stereocenters. The second-order valence-corrected chi connectivity index (χ2v) is 3.57. The zero-order chi connectivity index (χ0) is 8.48. The predicted octanol–water partition coefficient (Wildman–Crippen LogP) is 2.01. The molecule has 0 fully saturated rings. The van der Waals surface area contributed by atoms with E-state index in [0.717, 1.165) is 0 Å². The molecule has 11 heavy (non-hydrogen) atoms. The van der Waals surface area contributed by atoms with Crippen LogP contribution in [0.25, 0.3) is 0 Å². The normalized spacial score (nSPS) is 37.1. The van der Waals surface area contributed by atoms with Crippen molar-refractivity contribution in [3.8, 4) is 0 Å². The van der Waals surface area contributed by atoms with E-state index in [1.165, 1.54) is 0 Å². The fourth-order valence-electron chi connectivity index (χ4n) is 1.55. The van der Waals surface area contributed by atoms with Crippen LogP contribution in [-0.4, -0.2) is 10.5 Å². The van der Waals surface area contributed by atoms with E-state index < -0.39 is 5.54 Å². The summed E-state index contributed by atoms with van der Waals surface area (Å²) < 4.78 is 0. The molecule has 0 saturated heterocycles. The summed E-state index contributed by atoms with van der Waals surface area (Å²) in [5.41, 5.74) is -0.714. The molecule has 3 heteroatoms. The van der Waals surface area contributed by atoms with Gasteiger partial charge in [-0.15, -0.1) is 0 Å². The summed E-state index contributed by atoms with van der Waals surface area (Å²) in [5, 5.41) is 10.6. The molecule has 1 aliphatic carbocycles. The SMILES string of the molecule is CC1C=CCC(C)([N+](=O)[O-])C1. The zero-order valence-corrected chi connectivity index (χ0v) is 6.91. The van der Waals surface area contributed by atoms with Gasteiger partial charge in [-0.25, -0.2) is 0 Å². The van der Waals surface area contributed by atoms with Crippen LogP contribution in [0, 0.1) is 16.0 Å². The second-order valence-electron chi connectivity index (χ2n) is 3.57. The summed E-state index contributed by atoms with van der Waals surface area (Å²) in [6, 6.07) is 0. The minimum atomic E-state index is -0.714. The second kappa shape index (κ2) is 2.64. The summed E-state index contributed by atoms with van der Waals surface area (Å²) in [7, 11) is 0. The van der Waals surface area contributed by atoms with Gasteiger partial charge in [0, 0.05) is 24.7 Å². The van der Waals surface area contributed by atoms with Crippen molar-refractivity contribution in [3.05, 3.63) is 22.3 Å². The van der Waals surface area contributed by atoms with Gasteiger partial charge >= 0.3 is 0 Å². The van der Waals surface area contributed by atoms with Gasteiger partial charge < -0.3 is 0 Å². The maximum atomic E-state index is 10.6. The monoisotopic (exact) mass is 155 g/mol.